The summed E-state index contributed by atoms with van der Waals surface area (Å²) in [7, 11) is 0. The fourth-order valence-electron chi connectivity index (χ4n) is 2.03. The number of amides is 1. The second-order valence-electron chi connectivity index (χ2n) is 4.34. The summed E-state index contributed by atoms with van der Waals surface area (Å²) in [4.78, 5) is 12.0. The molecule has 0 saturated carbocycles. The average molecular weight is 277 g/mol. The van der Waals surface area contributed by atoms with Crippen LogP contribution in [0.5, 0.6) is 0 Å². The third-order valence-corrected chi connectivity index (χ3v) is 4.11. The van der Waals surface area contributed by atoms with Crippen molar-refractivity contribution in [2.45, 2.75) is 12.6 Å². The Labute approximate surface area is 115 Å². The Balaban J connectivity index is 1.64. The molecule has 0 bridgehead atoms. The lowest BCUT2D eigenvalue weighted by atomic mass is 10.3. The Morgan fingerprint density at radius 3 is 3.32 bits per heavy atom. The minimum atomic E-state index is -0.0991. The van der Waals surface area contributed by atoms with E-state index in [-0.39, 0.29) is 11.9 Å². The maximum atomic E-state index is 12.0. The topological polar surface area (TPSA) is 71.3 Å². The van der Waals surface area contributed by atoms with Gasteiger partial charge in [0.05, 0.1) is 12.6 Å². The molecule has 1 atom stereocenters. The summed E-state index contributed by atoms with van der Waals surface area (Å²) in [6.07, 6.45) is 1.89. The summed E-state index contributed by atoms with van der Waals surface area (Å²) in [6, 6.07) is 5.62. The molecule has 0 aromatic carbocycles. The maximum Gasteiger partial charge on any atom is 0.238 e. The van der Waals surface area contributed by atoms with Crippen LogP contribution in [0.25, 0.3) is 5.65 Å². The third kappa shape index (κ3) is 2.71. The number of rotatable bonds is 3. The lowest BCUT2D eigenvalue weighted by Gasteiger charge is -2.21. The first-order valence-corrected chi connectivity index (χ1v) is 7.37. The molecule has 0 spiro atoms. The molecule has 1 unspecified atom stereocenters. The van der Waals surface area contributed by atoms with Gasteiger partial charge in [-0.2, -0.15) is 11.8 Å². The van der Waals surface area contributed by atoms with Gasteiger partial charge >= 0.3 is 0 Å². The van der Waals surface area contributed by atoms with Gasteiger partial charge < -0.3 is 10.6 Å². The predicted octanol–water partition coefficient (Wildman–Crippen LogP) is 0.0505. The monoisotopic (exact) mass is 277 g/mol. The van der Waals surface area contributed by atoms with Crippen molar-refractivity contribution in [3.8, 4) is 0 Å². The highest BCUT2D eigenvalue weighted by Gasteiger charge is 2.20. The van der Waals surface area contributed by atoms with Crippen molar-refractivity contribution in [3.05, 3.63) is 30.2 Å². The number of carbonyl (C=O) groups excluding carboxylic acids is 1. The molecule has 1 saturated heterocycles. The highest BCUT2D eigenvalue weighted by atomic mass is 32.2. The SMILES string of the molecule is O=C(NCc1nnc2ccccn12)C1CSCCN1. The molecule has 1 aliphatic rings. The zero-order chi connectivity index (χ0) is 13.1. The molecule has 6 nitrogen and oxygen atoms in total. The summed E-state index contributed by atoms with van der Waals surface area (Å²) in [5.74, 6) is 2.66. The molecule has 0 aliphatic carbocycles. The first-order valence-electron chi connectivity index (χ1n) is 6.22. The van der Waals surface area contributed by atoms with Crippen LogP contribution in [0, 0.1) is 0 Å². The molecule has 7 heteroatoms. The lowest BCUT2D eigenvalue weighted by molar-refractivity contribution is -0.122. The lowest BCUT2D eigenvalue weighted by Crippen LogP contribution is -2.48. The number of nitrogens with one attached hydrogen (secondary N) is 2. The summed E-state index contributed by atoms with van der Waals surface area (Å²) in [6.45, 7) is 1.28. The van der Waals surface area contributed by atoms with Crippen LogP contribution < -0.4 is 10.6 Å². The first kappa shape index (κ1) is 12.4. The van der Waals surface area contributed by atoms with Crippen LogP contribution in [0.1, 0.15) is 5.82 Å². The van der Waals surface area contributed by atoms with E-state index >= 15 is 0 Å². The fraction of sp³-hybridized carbons (Fsp3) is 0.417. The second-order valence-corrected chi connectivity index (χ2v) is 5.49. The first-order chi connectivity index (χ1) is 9.34. The van der Waals surface area contributed by atoms with E-state index in [0.717, 1.165) is 29.5 Å². The molecule has 2 N–H and O–H groups in total. The van der Waals surface area contributed by atoms with Gasteiger partial charge in [-0.1, -0.05) is 6.07 Å². The molecule has 2 aromatic rings. The Hall–Kier alpha value is -1.60. The van der Waals surface area contributed by atoms with Crippen LogP contribution in [0.2, 0.25) is 0 Å². The van der Waals surface area contributed by atoms with E-state index in [1.165, 1.54) is 0 Å². The van der Waals surface area contributed by atoms with Gasteiger partial charge in [0.2, 0.25) is 5.91 Å². The molecule has 1 aliphatic heterocycles. The van der Waals surface area contributed by atoms with Crippen LogP contribution in [-0.2, 0) is 11.3 Å². The standard InChI is InChI=1S/C12H15N5OS/c18-12(9-8-19-6-4-13-9)14-7-11-16-15-10-3-1-2-5-17(10)11/h1-3,5,9,13H,4,6-8H2,(H,14,18). The van der Waals surface area contributed by atoms with Gasteiger partial charge in [0.1, 0.15) is 0 Å². The minimum Gasteiger partial charge on any atom is -0.347 e. The number of fused-ring (bicyclic) bond motifs is 1. The third-order valence-electron chi connectivity index (χ3n) is 3.04. The van der Waals surface area contributed by atoms with E-state index in [1.807, 2.05) is 28.8 Å². The maximum absolute atomic E-state index is 12.0. The molecule has 100 valence electrons. The predicted molar refractivity (Wildman–Crippen MR) is 73.9 cm³/mol. The van der Waals surface area contributed by atoms with E-state index in [0.29, 0.717) is 6.54 Å². The molecule has 1 fully saturated rings. The van der Waals surface area contributed by atoms with Crippen molar-refractivity contribution in [2.75, 3.05) is 18.1 Å². The van der Waals surface area contributed by atoms with Gasteiger partial charge in [0.15, 0.2) is 11.5 Å². The zero-order valence-corrected chi connectivity index (χ0v) is 11.2. The second kappa shape index (κ2) is 5.58. The highest BCUT2D eigenvalue weighted by molar-refractivity contribution is 7.99. The number of thioether (sulfide) groups is 1. The Morgan fingerprint density at radius 1 is 1.53 bits per heavy atom. The summed E-state index contributed by atoms with van der Waals surface area (Å²) >= 11 is 1.80. The molecule has 3 heterocycles. The van der Waals surface area contributed by atoms with Gasteiger partial charge in [-0.15, -0.1) is 10.2 Å². The molecule has 2 aromatic heterocycles. The minimum absolute atomic E-state index is 0.0277. The smallest absolute Gasteiger partial charge is 0.238 e. The zero-order valence-electron chi connectivity index (χ0n) is 10.4. The molecule has 0 radical (unpaired) electrons. The number of carbonyl (C=O) groups is 1. The summed E-state index contributed by atoms with van der Waals surface area (Å²) in [5, 5.41) is 14.3. The van der Waals surface area contributed by atoms with Crippen molar-refractivity contribution in [2.24, 2.45) is 0 Å². The van der Waals surface area contributed by atoms with Gasteiger partial charge in [-0.05, 0) is 12.1 Å². The van der Waals surface area contributed by atoms with Crippen molar-refractivity contribution < 1.29 is 4.79 Å². The van der Waals surface area contributed by atoms with Crippen LogP contribution in [-0.4, -0.2) is 44.6 Å². The van der Waals surface area contributed by atoms with Crippen LogP contribution in [0.15, 0.2) is 24.4 Å². The molecular formula is C12H15N5OS. The van der Waals surface area contributed by atoms with Crippen molar-refractivity contribution in [1.29, 1.82) is 0 Å². The van der Waals surface area contributed by atoms with Gasteiger partial charge in [0, 0.05) is 24.2 Å². The Morgan fingerprint density at radius 2 is 2.47 bits per heavy atom. The molecule has 1 amide bonds. The van der Waals surface area contributed by atoms with Crippen molar-refractivity contribution in [3.63, 3.8) is 0 Å². The van der Waals surface area contributed by atoms with Crippen LogP contribution >= 0.6 is 11.8 Å². The number of nitrogens with zero attached hydrogens (tertiary/aromatic N) is 3. The fourth-order valence-corrected chi connectivity index (χ4v) is 2.97. The number of pyridine rings is 1. The average Bonchev–Trinajstić information content (AvgIpc) is 2.89. The van der Waals surface area contributed by atoms with Crippen molar-refractivity contribution in [1.82, 2.24) is 25.2 Å². The van der Waals surface area contributed by atoms with Gasteiger partial charge in [-0.3, -0.25) is 9.20 Å². The molecule has 3 rings (SSSR count). The summed E-state index contributed by atoms with van der Waals surface area (Å²) < 4.78 is 1.88. The quantitative estimate of drug-likeness (QED) is 0.829. The summed E-state index contributed by atoms with van der Waals surface area (Å²) in [5.41, 5.74) is 0.790. The number of hydrogen-bond acceptors (Lipinski definition) is 5. The van der Waals surface area contributed by atoms with E-state index in [9.17, 15) is 4.79 Å². The van der Waals surface area contributed by atoms with Crippen molar-refractivity contribution >= 4 is 23.3 Å². The van der Waals surface area contributed by atoms with Crippen LogP contribution in [0.3, 0.4) is 0 Å². The van der Waals surface area contributed by atoms with E-state index in [2.05, 4.69) is 20.8 Å². The van der Waals surface area contributed by atoms with Crippen LogP contribution in [0.4, 0.5) is 0 Å². The molecule has 19 heavy (non-hydrogen) atoms. The Bertz CT molecular complexity index is 578. The highest BCUT2D eigenvalue weighted by Crippen LogP contribution is 2.08. The largest absolute Gasteiger partial charge is 0.347 e. The number of hydrogen-bond donors (Lipinski definition) is 2. The molecular weight excluding hydrogens is 262 g/mol. The number of aromatic nitrogens is 3. The van der Waals surface area contributed by atoms with E-state index in [1.54, 1.807) is 11.8 Å². The Kier molecular flexibility index (Phi) is 3.65. The van der Waals surface area contributed by atoms with Gasteiger partial charge in [-0.25, -0.2) is 0 Å². The van der Waals surface area contributed by atoms with E-state index < -0.39 is 0 Å². The van der Waals surface area contributed by atoms with E-state index in [4.69, 9.17) is 0 Å². The van der Waals surface area contributed by atoms with Gasteiger partial charge in [0.25, 0.3) is 0 Å². The normalized spacial score (nSPS) is 19.5.